The highest BCUT2D eigenvalue weighted by Gasteiger charge is 2.51. The van der Waals surface area contributed by atoms with Gasteiger partial charge in [0.05, 0.1) is 17.5 Å². The Bertz CT molecular complexity index is 1540. The Morgan fingerprint density at radius 3 is 1.79 bits per heavy atom. The molecule has 1 unspecified atom stereocenters. The fraction of sp³-hybridized carbons (Fsp3) is 0.267. The van der Waals surface area contributed by atoms with Gasteiger partial charge in [-0.25, -0.2) is 0 Å². The molecule has 39 heavy (non-hydrogen) atoms. The minimum absolute atomic E-state index is 0.200. The van der Waals surface area contributed by atoms with Gasteiger partial charge in [0.25, 0.3) is 6.29 Å². The lowest BCUT2D eigenvalue weighted by molar-refractivity contribution is 0.00501. The van der Waals surface area contributed by atoms with E-state index in [-0.39, 0.29) is 5.75 Å². The van der Waals surface area contributed by atoms with Gasteiger partial charge in [-0.15, -0.1) is 0 Å². The molecule has 0 radical (unpaired) electrons. The van der Waals surface area contributed by atoms with Crippen molar-refractivity contribution in [2.75, 3.05) is 6.26 Å². The highest BCUT2D eigenvalue weighted by Crippen LogP contribution is 2.37. The Morgan fingerprint density at radius 1 is 0.692 bits per heavy atom. The molecule has 0 bridgehead atoms. The highest BCUT2D eigenvalue weighted by atomic mass is 32.2. The molecule has 9 heteroatoms. The summed E-state index contributed by atoms with van der Waals surface area (Å²) in [6, 6.07) is 27.9. The normalized spacial score (nSPS) is 17.1. The lowest BCUT2D eigenvalue weighted by atomic mass is 9.79. The van der Waals surface area contributed by atoms with E-state index >= 15 is 0 Å². The maximum Gasteiger partial charge on any atom is 0.494 e. The van der Waals surface area contributed by atoms with E-state index in [2.05, 4.69) is 0 Å². The topological polar surface area (TPSA) is 80.3 Å². The first kappa shape index (κ1) is 27.1. The van der Waals surface area contributed by atoms with E-state index in [1.165, 1.54) is 12.1 Å². The van der Waals surface area contributed by atoms with Gasteiger partial charge < -0.3 is 23.0 Å². The van der Waals surface area contributed by atoms with Crippen molar-refractivity contribution in [3.05, 3.63) is 96.6 Å². The van der Waals surface area contributed by atoms with Crippen LogP contribution in [0.2, 0.25) is 0 Å². The first-order valence-corrected chi connectivity index (χ1v) is 14.5. The fourth-order valence-corrected chi connectivity index (χ4v) is 4.75. The van der Waals surface area contributed by atoms with Crippen molar-refractivity contribution in [3.8, 4) is 17.2 Å². The predicted molar refractivity (Wildman–Crippen MR) is 152 cm³/mol. The Morgan fingerprint density at radius 2 is 1.21 bits per heavy atom. The predicted octanol–water partition coefficient (Wildman–Crippen LogP) is 5.63. The van der Waals surface area contributed by atoms with Gasteiger partial charge in [-0.05, 0) is 80.3 Å². The standard InChI is InChI=1S/C30H31BO7S/c1-29(2)30(3,4)38-31(37-29)22-13-15-23(16-14-22)34-28(27-12-8-10-21-9-6-7-11-26(21)27)35-24-17-19-25(20-18-24)36-39(5,32)33/h6-20,28H,1-5H3. The van der Waals surface area contributed by atoms with Gasteiger partial charge in [-0.2, -0.15) is 8.42 Å². The maximum absolute atomic E-state index is 11.5. The van der Waals surface area contributed by atoms with Crippen LogP contribution >= 0.6 is 0 Å². The largest absolute Gasteiger partial charge is 0.494 e. The average Bonchev–Trinajstić information content (AvgIpc) is 3.10. The molecule has 1 fully saturated rings. The fourth-order valence-electron chi connectivity index (χ4n) is 4.29. The molecule has 1 heterocycles. The molecule has 5 rings (SSSR count). The molecular formula is C30H31BO7S. The summed E-state index contributed by atoms with van der Waals surface area (Å²) in [5, 5.41) is 2.05. The monoisotopic (exact) mass is 546 g/mol. The number of hydrogen-bond acceptors (Lipinski definition) is 7. The van der Waals surface area contributed by atoms with E-state index in [1.807, 2.05) is 94.4 Å². The van der Waals surface area contributed by atoms with Crippen molar-refractivity contribution in [1.29, 1.82) is 0 Å². The second-order valence-corrected chi connectivity index (χ2v) is 12.1. The van der Waals surface area contributed by atoms with Gasteiger partial charge in [-0.1, -0.05) is 54.6 Å². The molecule has 7 nitrogen and oxygen atoms in total. The number of rotatable bonds is 8. The van der Waals surface area contributed by atoms with E-state index in [0.29, 0.717) is 11.5 Å². The smallest absolute Gasteiger partial charge is 0.451 e. The molecule has 0 amide bonds. The van der Waals surface area contributed by atoms with Crippen LogP contribution in [0.15, 0.2) is 91.0 Å². The van der Waals surface area contributed by atoms with Gasteiger partial charge in [0, 0.05) is 5.56 Å². The zero-order chi connectivity index (χ0) is 27.8. The summed E-state index contributed by atoms with van der Waals surface area (Å²) in [4.78, 5) is 0. The van der Waals surface area contributed by atoms with Crippen LogP contribution in [0.25, 0.3) is 10.8 Å². The van der Waals surface area contributed by atoms with Gasteiger partial charge in [0.15, 0.2) is 0 Å². The summed E-state index contributed by atoms with van der Waals surface area (Å²) >= 11 is 0. The van der Waals surface area contributed by atoms with Crippen LogP contribution in [0.5, 0.6) is 17.2 Å². The zero-order valence-corrected chi connectivity index (χ0v) is 23.4. The van der Waals surface area contributed by atoms with Crippen LogP contribution in [0.4, 0.5) is 0 Å². The molecule has 1 atom stereocenters. The molecule has 202 valence electrons. The Kier molecular flexibility index (Phi) is 7.09. The van der Waals surface area contributed by atoms with Crippen molar-refractivity contribution < 1.29 is 31.4 Å². The molecule has 0 aliphatic carbocycles. The summed E-state index contributed by atoms with van der Waals surface area (Å²) in [5.74, 6) is 1.29. The first-order chi connectivity index (χ1) is 18.4. The third-order valence-electron chi connectivity index (χ3n) is 7.04. The second-order valence-electron chi connectivity index (χ2n) is 10.6. The van der Waals surface area contributed by atoms with Gasteiger partial charge in [-0.3, -0.25) is 0 Å². The van der Waals surface area contributed by atoms with Crippen LogP contribution in [0, 0.1) is 0 Å². The molecule has 1 aliphatic heterocycles. The van der Waals surface area contributed by atoms with Crippen molar-refractivity contribution in [1.82, 2.24) is 0 Å². The summed E-state index contributed by atoms with van der Waals surface area (Å²) in [7, 11) is -4.10. The van der Waals surface area contributed by atoms with Gasteiger partial charge in [0.1, 0.15) is 17.2 Å². The van der Waals surface area contributed by atoms with E-state index in [9.17, 15) is 8.42 Å². The zero-order valence-electron chi connectivity index (χ0n) is 22.6. The molecule has 0 spiro atoms. The molecule has 0 aromatic heterocycles. The summed E-state index contributed by atoms with van der Waals surface area (Å²) in [5.41, 5.74) is 0.883. The van der Waals surface area contributed by atoms with Crippen LogP contribution in [0.1, 0.15) is 39.5 Å². The molecular weight excluding hydrogens is 515 g/mol. The summed E-state index contributed by atoms with van der Waals surface area (Å²) in [6.45, 7) is 8.10. The van der Waals surface area contributed by atoms with Crippen LogP contribution < -0.4 is 19.1 Å². The molecule has 4 aromatic rings. The van der Waals surface area contributed by atoms with E-state index in [0.717, 1.165) is 28.1 Å². The molecule has 1 aliphatic rings. The molecule has 1 saturated heterocycles. The number of ether oxygens (including phenoxy) is 2. The maximum atomic E-state index is 11.5. The quantitative estimate of drug-likeness (QED) is 0.161. The number of benzene rings is 4. The van der Waals surface area contributed by atoms with E-state index < -0.39 is 34.7 Å². The molecule has 0 N–H and O–H groups in total. The van der Waals surface area contributed by atoms with Crippen LogP contribution in [-0.4, -0.2) is 33.0 Å². The summed E-state index contributed by atoms with van der Waals surface area (Å²) < 4.78 is 52.9. The lowest BCUT2D eigenvalue weighted by Crippen LogP contribution is -2.41. The average molecular weight is 546 g/mol. The SMILES string of the molecule is CC1(C)OB(c2ccc(OC(Oc3ccc(OS(C)(=O)=O)cc3)c3cccc4ccccc34)cc2)OC1(C)C. The minimum Gasteiger partial charge on any atom is -0.451 e. The van der Waals surface area contributed by atoms with E-state index in [1.54, 1.807) is 12.1 Å². The van der Waals surface area contributed by atoms with Crippen molar-refractivity contribution in [2.45, 2.75) is 45.2 Å². The van der Waals surface area contributed by atoms with Crippen molar-refractivity contribution in [3.63, 3.8) is 0 Å². The minimum atomic E-state index is -3.63. The Balaban J connectivity index is 1.42. The second kappa shape index (κ2) is 10.2. The third-order valence-corrected chi connectivity index (χ3v) is 7.54. The molecule has 4 aromatic carbocycles. The number of fused-ring (bicyclic) bond motifs is 1. The van der Waals surface area contributed by atoms with Gasteiger partial charge >= 0.3 is 17.2 Å². The first-order valence-electron chi connectivity index (χ1n) is 12.7. The highest BCUT2D eigenvalue weighted by molar-refractivity contribution is 7.86. The van der Waals surface area contributed by atoms with Crippen molar-refractivity contribution in [2.24, 2.45) is 0 Å². The Labute approximate surface area is 229 Å². The molecule has 0 saturated carbocycles. The lowest BCUT2D eigenvalue weighted by Gasteiger charge is -2.32. The van der Waals surface area contributed by atoms with Crippen molar-refractivity contribution >= 4 is 33.5 Å². The van der Waals surface area contributed by atoms with E-state index in [4.69, 9.17) is 23.0 Å². The van der Waals surface area contributed by atoms with Gasteiger partial charge in [0.2, 0.25) is 0 Å². The Hall–Kier alpha value is -3.53. The third kappa shape index (κ3) is 6.06. The van der Waals surface area contributed by atoms with Crippen LogP contribution in [-0.2, 0) is 19.4 Å². The summed E-state index contributed by atoms with van der Waals surface area (Å²) in [6.07, 6.45) is 0.209. The van der Waals surface area contributed by atoms with Crippen LogP contribution in [0.3, 0.4) is 0 Å². The number of hydrogen-bond donors (Lipinski definition) is 0.